The number of ether oxygens (including phenoxy) is 1. The molecule has 0 bridgehead atoms. The fourth-order valence-electron chi connectivity index (χ4n) is 2.03. The number of hydrogen-bond acceptors (Lipinski definition) is 5. The zero-order valence-electron chi connectivity index (χ0n) is 10.3. The van der Waals surface area contributed by atoms with Gasteiger partial charge in [-0.1, -0.05) is 0 Å². The van der Waals surface area contributed by atoms with Crippen LogP contribution >= 0.6 is 0 Å². The van der Waals surface area contributed by atoms with E-state index in [0.717, 1.165) is 30.8 Å². The van der Waals surface area contributed by atoms with Crippen LogP contribution in [0.3, 0.4) is 0 Å². The molecular formula is C12H17N3O3. The van der Waals surface area contributed by atoms with Gasteiger partial charge in [-0.05, 0) is 18.9 Å². The molecule has 0 amide bonds. The minimum atomic E-state index is -0.386. The molecule has 0 saturated carbocycles. The van der Waals surface area contributed by atoms with Crippen molar-refractivity contribution >= 4 is 17.1 Å². The number of nitrogens with zero attached hydrogens (tertiary/aromatic N) is 1. The van der Waals surface area contributed by atoms with Crippen LogP contribution in [-0.2, 0) is 4.74 Å². The smallest absolute Gasteiger partial charge is 0.273 e. The summed E-state index contributed by atoms with van der Waals surface area (Å²) in [6, 6.07) is 5.16. The molecule has 1 aliphatic rings. The van der Waals surface area contributed by atoms with E-state index in [-0.39, 0.29) is 16.7 Å². The van der Waals surface area contributed by atoms with E-state index in [9.17, 15) is 10.1 Å². The third-order valence-electron chi connectivity index (χ3n) is 2.95. The van der Waals surface area contributed by atoms with Crippen molar-refractivity contribution in [3.05, 3.63) is 28.3 Å². The van der Waals surface area contributed by atoms with Gasteiger partial charge >= 0.3 is 0 Å². The Bertz CT molecular complexity index is 431. The van der Waals surface area contributed by atoms with Crippen molar-refractivity contribution < 1.29 is 9.66 Å². The minimum Gasteiger partial charge on any atom is -0.388 e. The average Bonchev–Trinajstić information content (AvgIpc) is 2.39. The molecule has 2 N–H and O–H groups in total. The summed E-state index contributed by atoms with van der Waals surface area (Å²) in [5, 5.41) is 17.0. The van der Waals surface area contributed by atoms with E-state index in [1.54, 1.807) is 13.1 Å². The third kappa shape index (κ3) is 3.10. The van der Waals surface area contributed by atoms with Crippen molar-refractivity contribution in [2.75, 3.05) is 30.9 Å². The van der Waals surface area contributed by atoms with Crippen LogP contribution in [-0.4, -0.2) is 31.2 Å². The largest absolute Gasteiger partial charge is 0.388 e. The van der Waals surface area contributed by atoms with Gasteiger partial charge in [-0.3, -0.25) is 10.1 Å². The lowest BCUT2D eigenvalue weighted by Crippen LogP contribution is -2.29. The summed E-state index contributed by atoms with van der Waals surface area (Å²) in [5.41, 5.74) is 1.56. The normalized spacial score (nSPS) is 19.3. The molecule has 6 nitrogen and oxygen atoms in total. The molecule has 0 radical (unpaired) electrons. The quantitative estimate of drug-likeness (QED) is 0.634. The highest BCUT2D eigenvalue weighted by Crippen LogP contribution is 2.25. The van der Waals surface area contributed by atoms with Gasteiger partial charge in [0.1, 0.15) is 0 Å². The van der Waals surface area contributed by atoms with Crippen molar-refractivity contribution in [1.29, 1.82) is 0 Å². The Balaban J connectivity index is 2.15. The van der Waals surface area contributed by atoms with E-state index >= 15 is 0 Å². The number of hydrogen-bond donors (Lipinski definition) is 2. The summed E-state index contributed by atoms with van der Waals surface area (Å²) in [4.78, 5) is 10.5. The minimum absolute atomic E-state index is 0.0843. The molecule has 1 saturated heterocycles. The predicted octanol–water partition coefficient (Wildman–Crippen LogP) is 2.23. The topological polar surface area (TPSA) is 76.4 Å². The van der Waals surface area contributed by atoms with E-state index in [2.05, 4.69) is 10.6 Å². The van der Waals surface area contributed by atoms with Crippen LogP contribution < -0.4 is 10.6 Å². The van der Waals surface area contributed by atoms with Gasteiger partial charge in [0.15, 0.2) is 0 Å². The lowest BCUT2D eigenvalue weighted by Gasteiger charge is -2.24. The first-order chi connectivity index (χ1) is 8.69. The number of rotatable bonds is 4. The van der Waals surface area contributed by atoms with E-state index in [1.807, 2.05) is 6.07 Å². The number of benzene rings is 1. The number of nitro benzene ring substituents is 1. The fourth-order valence-corrected chi connectivity index (χ4v) is 2.03. The summed E-state index contributed by atoms with van der Waals surface area (Å²) in [7, 11) is 1.74. The SMILES string of the molecule is CNc1cc(NC2CCCOC2)cc([N+](=O)[O-])c1. The standard InChI is InChI=1S/C12H17N3O3/c1-13-10-5-11(7-12(6-10)15(16)17)14-9-3-2-4-18-8-9/h5-7,9,13-14H,2-4,8H2,1H3. The molecule has 1 heterocycles. The van der Waals surface area contributed by atoms with Gasteiger partial charge in [0, 0.05) is 43.2 Å². The number of nitro groups is 1. The Kier molecular flexibility index (Phi) is 3.99. The van der Waals surface area contributed by atoms with Crippen LogP contribution in [0, 0.1) is 10.1 Å². The third-order valence-corrected chi connectivity index (χ3v) is 2.95. The summed E-state index contributed by atoms with van der Waals surface area (Å²) >= 11 is 0. The van der Waals surface area contributed by atoms with Crippen LogP contribution in [0.5, 0.6) is 0 Å². The van der Waals surface area contributed by atoms with Crippen LogP contribution in [0.15, 0.2) is 18.2 Å². The molecule has 0 aromatic heterocycles. The molecule has 98 valence electrons. The lowest BCUT2D eigenvalue weighted by molar-refractivity contribution is -0.384. The second-order valence-electron chi connectivity index (χ2n) is 4.33. The summed E-state index contributed by atoms with van der Waals surface area (Å²) in [6.45, 7) is 1.45. The van der Waals surface area contributed by atoms with Gasteiger partial charge in [0.05, 0.1) is 11.5 Å². The van der Waals surface area contributed by atoms with Gasteiger partial charge in [-0.25, -0.2) is 0 Å². The van der Waals surface area contributed by atoms with Gasteiger partial charge < -0.3 is 15.4 Å². The molecular weight excluding hydrogens is 234 g/mol. The fraction of sp³-hybridized carbons (Fsp3) is 0.500. The van der Waals surface area contributed by atoms with Gasteiger partial charge in [0.25, 0.3) is 5.69 Å². The van der Waals surface area contributed by atoms with E-state index in [4.69, 9.17) is 4.74 Å². The highest BCUT2D eigenvalue weighted by Gasteiger charge is 2.15. The zero-order valence-corrected chi connectivity index (χ0v) is 10.3. The van der Waals surface area contributed by atoms with Crippen molar-refractivity contribution in [3.63, 3.8) is 0 Å². The molecule has 0 spiro atoms. The molecule has 1 aromatic rings. The zero-order chi connectivity index (χ0) is 13.0. The first-order valence-electron chi connectivity index (χ1n) is 6.00. The van der Waals surface area contributed by atoms with E-state index < -0.39 is 0 Å². The number of nitrogens with one attached hydrogen (secondary N) is 2. The molecule has 6 heteroatoms. The first kappa shape index (κ1) is 12.6. The number of anilines is 2. The Morgan fingerprint density at radius 1 is 1.39 bits per heavy atom. The van der Waals surface area contributed by atoms with Gasteiger partial charge in [-0.15, -0.1) is 0 Å². The molecule has 2 rings (SSSR count). The van der Waals surface area contributed by atoms with Crippen LogP contribution in [0.25, 0.3) is 0 Å². The Labute approximate surface area is 105 Å². The summed E-state index contributed by atoms with van der Waals surface area (Å²) in [6.07, 6.45) is 2.04. The predicted molar refractivity (Wildman–Crippen MR) is 70.1 cm³/mol. The van der Waals surface area contributed by atoms with E-state index in [0.29, 0.717) is 6.61 Å². The van der Waals surface area contributed by atoms with Crippen molar-refractivity contribution in [2.24, 2.45) is 0 Å². The van der Waals surface area contributed by atoms with Crippen molar-refractivity contribution in [2.45, 2.75) is 18.9 Å². The van der Waals surface area contributed by atoms with Crippen molar-refractivity contribution in [3.8, 4) is 0 Å². The molecule has 1 unspecified atom stereocenters. The summed E-state index contributed by atoms with van der Waals surface area (Å²) in [5.74, 6) is 0. The molecule has 1 aromatic carbocycles. The van der Waals surface area contributed by atoms with Crippen LogP contribution in [0.4, 0.5) is 17.1 Å². The lowest BCUT2D eigenvalue weighted by atomic mass is 10.1. The first-order valence-corrected chi connectivity index (χ1v) is 6.00. The maximum absolute atomic E-state index is 10.8. The molecule has 1 atom stereocenters. The molecule has 1 fully saturated rings. The molecule has 18 heavy (non-hydrogen) atoms. The molecule has 0 aliphatic carbocycles. The number of non-ortho nitro benzene ring substituents is 1. The van der Waals surface area contributed by atoms with Gasteiger partial charge in [-0.2, -0.15) is 0 Å². The maximum Gasteiger partial charge on any atom is 0.273 e. The second kappa shape index (κ2) is 5.68. The summed E-state index contributed by atoms with van der Waals surface area (Å²) < 4.78 is 5.38. The van der Waals surface area contributed by atoms with Crippen LogP contribution in [0.1, 0.15) is 12.8 Å². The monoisotopic (exact) mass is 251 g/mol. The van der Waals surface area contributed by atoms with E-state index in [1.165, 1.54) is 6.07 Å². The average molecular weight is 251 g/mol. The Morgan fingerprint density at radius 2 is 2.17 bits per heavy atom. The van der Waals surface area contributed by atoms with Crippen molar-refractivity contribution in [1.82, 2.24) is 0 Å². The van der Waals surface area contributed by atoms with Crippen LogP contribution in [0.2, 0.25) is 0 Å². The maximum atomic E-state index is 10.8. The highest BCUT2D eigenvalue weighted by molar-refractivity contribution is 5.63. The second-order valence-corrected chi connectivity index (χ2v) is 4.33. The Morgan fingerprint density at radius 3 is 2.78 bits per heavy atom. The highest BCUT2D eigenvalue weighted by atomic mass is 16.6. The van der Waals surface area contributed by atoms with Gasteiger partial charge in [0.2, 0.25) is 0 Å². The molecule has 1 aliphatic heterocycles. The Hall–Kier alpha value is -1.82.